The highest BCUT2D eigenvalue weighted by Gasteiger charge is 2.13. The van der Waals surface area contributed by atoms with Gasteiger partial charge in [0.15, 0.2) is 11.5 Å². The molecule has 228 valence electrons. The minimum atomic E-state index is 0.100. The first kappa shape index (κ1) is 32.1. The fourth-order valence-corrected chi connectivity index (χ4v) is 4.73. The van der Waals surface area contributed by atoms with Gasteiger partial charge in [-0.3, -0.25) is 9.97 Å². The smallest absolute Gasteiger partial charge is 0.161 e. The first-order valence-electron chi connectivity index (χ1n) is 14.5. The summed E-state index contributed by atoms with van der Waals surface area (Å²) in [6.07, 6.45) is 14.4. The van der Waals surface area contributed by atoms with Gasteiger partial charge in [0.05, 0.1) is 24.9 Å². The molecule has 4 aromatic heterocycles. The average molecular weight is 613 g/mol. The topological polar surface area (TPSA) is 131 Å². The molecule has 0 radical (unpaired) electrons. The minimum absolute atomic E-state index is 0.100. The van der Waals surface area contributed by atoms with Crippen LogP contribution < -0.4 is 15.4 Å². The van der Waals surface area contributed by atoms with Crippen molar-refractivity contribution in [1.29, 1.82) is 0 Å². The van der Waals surface area contributed by atoms with Crippen molar-refractivity contribution in [2.24, 2.45) is 0 Å². The van der Waals surface area contributed by atoms with Gasteiger partial charge in [0.2, 0.25) is 0 Å². The zero-order valence-electron chi connectivity index (χ0n) is 25.1. The van der Waals surface area contributed by atoms with E-state index in [9.17, 15) is 5.11 Å². The van der Waals surface area contributed by atoms with Crippen LogP contribution in [0.4, 0.5) is 11.6 Å². The molecule has 0 aliphatic carbocycles. The first-order valence-corrected chi connectivity index (χ1v) is 14.9. The Kier molecular flexibility index (Phi) is 12.2. The third-order valence-corrected chi connectivity index (χ3v) is 6.96. The Bertz CT molecular complexity index is 1580. The Hall–Kier alpha value is -4.83. The Labute approximate surface area is 263 Å². The Balaban J connectivity index is 0.000000215. The largest absolute Gasteiger partial charge is 0.504 e. The van der Waals surface area contributed by atoms with Gasteiger partial charge in [0, 0.05) is 42.5 Å². The summed E-state index contributed by atoms with van der Waals surface area (Å²) in [5.74, 6) is 1.99. The molecule has 2 atom stereocenters. The van der Waals surface area contributed by atoms with Crippen molar-refractivity contribution in [3.63, 3.8) is 0 Å². The van der Waals surface area contributed by atoms with E-state index in [0.29, 0.717) is 10.9 Å². The second kappa shape index (κ2) is 16.7. The maximum atomic E-state index is 9.76. The molecule has 0 bridgehead atoms. The van der Waals surface area contributed by atoms with Crippen LogP contribution in [0.5, 0.6) is 11.5 Å². The highest BCUT2D eigenvalue weighted by atomic mass is 35.5. The highest BCUT2D eigenvalue weighted by Crippen LogP contribution is 2.32. The van der Waals surface area contributed by atoms with Crippen LogP contribution in [-0.2, 0) is 0 Å². The molecule has 0 saturated carbocycles. The van der Waals surface area contributed by atoms with Crippen LogP contribution in [0.25, 0.3) is 11.3 Å². The molecule has 11 heteroatoms. The average Bonchev–Trinajstić information content (AvgIpc) is 3.06. The van der Waals surface area contributed by atoms with E-state index in [-0.39, 0.29) is 17.8 Å². The zero-order valence-corrected chi connectivity index (χ0v) is 25.8. The number of phenolic OH excluding ortho intramolecular Hbond substituents is 1. The molecule has 3 N–H and O–H groups in total. The molecule has 1 aromatic carbocycles. The second-order valence-electron chi connectivity index (χ2n) is 9.95. The fraction of sp³-hybridized carbons (Fsp3) is 0.273. The van der Waals surface area contributed by atoms with E-state index in [1.54, 1.807) is 36.7 Å². The molecular weight excluding hydrogens is 576 g/mol. The lowest BCUT2D eigenvalue weighted by molar-refractivity contribution is 0.373. The summed E-state index contributed by atoms with van der Waals surface area (Å²) in [5, 5.41) is 17.0. The van der Waals surface area contributed by atoms with Gasteiger partial charge in [0.25, 0.3) is 0 Å². The van der Waals surface area contributed by atoms with Gasteiger partial charge in [-0.2, -0.15) is 0 Å². The van der Waals surface area contributed by atoms with Gasteiger partial charge >= 0.3 is 0 Å². The van der Waals surface area contributed by atoms with Gasteiger partial charge in [-0.05, 0) is 54.3 Å². The standard InChI is InChI=1S/C20H22N4O2.C13H15ClN4/c1-3-5-16(15-6-4-9-21-12-15)24-20-11-17(22-13-23-20)14-7-8-18(25)19(10-14)26-2;1-2-4-11(10-5-3-6-15-8-10)18-13-7-12(14)16-9-17-13/h4,6-13,16,25H,3,5H2,1-2H3,(H,22,23,24);3,5-9,11H,2,4H2,1H3,(H,16,17,18). The molecule has 2 unspecified atom stereocenters. The van der Waals surface area contributed by atoms with Gasteiger partial charge < -0.3 is 20.5 Å². The lowest BCUT2D eigenvalue weighted by Gasteiger charge is -2.19. The number of ether oxygens (including phenoxy) is 1. The maximum absolute atomic E-state index is 9.76. The molecular formula is C33H37ClN8O2. The molecule has 5 rings (SSSR count). The number of phenols is 1. The number of methoxy groups -OCH3 is 1. The molecule has 5 aromatic rings. The van der Waals surface area contributed by atoms with Crippen LogP contribution in [-0.4, -0.2) is 42.1 Å². The van der Waals surface area contributed by atoms with Crippen LogP contribution in [0, 0.1) is 0 Å². The normalized spacial score (nSPS) is 11.9. The lowest BCUT2D eigenvalue weighted by Crippen LogP contribution is -2.12. The SMILES string of the molecule is CCCC(Nc1cc(-c2ccc(O)c(OC)c2)ncn1)c1cccnc1.CCCC(Nc1cc(Cl)ncn1)c1cccnc1. The van der Waals surface area contributed by atoms with Crippen LogP contribution in [0.3, 0.4) is 0 Å². The number of nitrogens with one attached hydrogen (secondary N) is 2. The fourth-order valence-electron chi connectivity index (χ4n) is 4.59. The number of benzene rings is 1. The number of pyridine rings is 2. The maximum Gasteiger partial charge on any atom is 0.161 e. The van der Waals surface area contributed by atoms with Crippen molar-refractivity contribution < 1.29 is 9.84 Å². The lowest BCUT2D eigenvalue weighted by atomic mass is 10.0. The predicted octanol–water partition coefficient (Wildman–Crippen LogP) is 7.68. The van der Waals surface area contributed by atoms with Gasteiger partial charge in [-0.15, -0.1) is 0 Å². The first-order chi connectivity index (χ1) is 21.5. The van der Waals surface area contributed by atoms with E-state index in [1.165, 1.54) is 19.8 Å². The molecule has 0 amide bonds. The second-order valence-corrected chi connectivity index (χ2v) is 10.3. The van der Waals surface area contributed by atoms with Crippen LogP contribution in [0.15, 0.2) is 92.0 Å². The number of rotatable bonds is 12. The summed E-state index contributed by atoms with van der Waals surface area (Å²) in [6.45, 7) is 4.30. The van der Waals surface area contributed by atoms with E-state index in [4.69, 9.17) is 16.3 Å². The number of aromatic nitrogens is 6. The number of aromatic hydroxyl groups is 1. The third kappa shape index (κ3) is 9.34. The number of nitrogens with zero attached hydrogens (tertiary/aromatic N) is 6. The Morgan fingerprint density at radius 1 is 0.773 bits per heavy atom. The monoisotopic (exact) mass is 612 g/mol. The van der Waals surface area contributed by atoms with E-state index in [0.717, 1.165) is 59.7 Å². The number of halogens is 1. The van der Waals surface area contributed by atoms with Crippen molar-refractivity contribution in [2.75, 3.05) is 17.7 Å². The molecule has 0 spiro atoms. The number of anilines is 2. The Morgan fingerprint density at radius 3 is 1.89 bits per heavy atom. The van der Waals surface area contributed by atoms with Crippen molar-refractivity contribution in [2.45, 2.75) is 51.6 Å². The van der Waals surface area contributed by atoms with Crippen LogP contribution in [0.1, 0.15) is 62.7 Å². The molecule has 10 nitrogen and oxygen atoms in total. The van der Waals surface area contributed by atoms with E-state index >= 15 is 0 Å². The third-order valence-electron chi connectivity index (χ3n) is 6.75. The molecule has 4 heterocycles. The summed E-state index contributed by atoms with van der Waals surface area (Å²) >= 11 is 5.85. The Morgan fingerprint density at radius 2 is 1.36 bits per heavy atom. The molecule has 44 heavy (non-hydrogen) atoms. The quantitative estimate of drug-likeness (QED) is 0.120. The van der Waals surface area contributed by atoms with Crippen molar-refractivity contribution >= 4 is 23.2 Å². The summed E-state index contributed by atoms with van der Waals surface area (Å²) < 4.78 is 5.18. The van der Waals surface area contributed by atoms with Crippen LogP contribution in [0.2, 0.25) is 5.15 Å². The number of hydrogen-bond acceptors (Lipinski definition) is 10. The van der Waals surface area contributed by atoms with Gasteiger partial charge in [0.1, 0.15) is 29.4 Å². The van der Waals surface area contributed by atoms with Gasteiger partial charge in [-0.1, -0.05) is 50.4 Å². The summed E-state index contributed by atoms with van der Waals surface area (Å²) in [6, 6.07) is 17.1. The molecule has 0 aliphatic rings. The van der Waals surface area contributed by atoms with E-state index in [1.807, 2.05) is 30.6 Å². The highest BCUT2D eigenvalue weighted by molar-refractivity contribution is 6.29. The summed E-state index contributed by atoms with van der Waals surface area (Å²) in [4.78, 5) is 25.1. The zero-order chi connectivity index (χ0) is 31.1. The minimum Gasteiger partial charge on any atom is -0.504 e. The molecule has 0 fully saturated rings. The molecule has 0 aliphatic heterocycles. The van der Waals surface area contributed by atoms with Gasteiger partial charge in [-0.25, -0.2) is 19.9 Å². The summed E-state index contributed by atoms with van der Waals surface area (Å²) in [5.41, 5.74) is 3.87. The predicted molar refractivity (Wildman–Crippen MR) is 174 cm³/mol. The van der Waals surface area contributed by atoms with E-state index in [2.05, 4.69) is 66.5 Å². The van der Waals surface area contributed by atoms with Crippen molar-refractivity contribution in [3.8, 4) is 22.8 Å². The van der Waals surface area contributed by atoms with Crippen molar-refractivity contribution in [1.82, 2.24) is 29.9 Å². The van der Waals surface area contributed by atoms with Crippen LogP contribution >= 0.6 is 11.6 Å². The molecule has 0 saturated heterocycles. The van der Waals surface area contributed by atoms with E-state index < -0.39 is 0 Å². The van der Waals surface area contributed by atoms with Crippen molar-refractivity contribution in [3.05, 3.63) is 108 Å². The summed E-state index contributed by atoms with van der Waals surface area (Å²) in [7, 11) is 1.52. The number of hydrogen-bond donors (Lipinski definition) is 3.